The molecule has 1 atom stereocenters. The normalized spacial score (nSPS) is 12.4. The highest BCUT2D eigenvalue weighted by molar-refractivity contribution is 7.80. The van der Waals surface area contributed by atoms with E-state index >= 15 is 0 Å². The second-order valence-electron chi connectivity index (χ2n) is 8.49. The third-order valence-corrected chi connectivity index (χ3v) is 4.31. The molecule has 3 N–H and O–H groups in total. The van der Waals surface area contributed by atoms with Gasteiger partial charge < -0.3 is 15.5 Å². The second-order valence-corrected chi connectivity index (χ2v) is 8.94. The molecular formula is C20H40N4O4S. The quantitative estimate of drug-likeness (QED) is 0.204. The van der Waals surface area contributed by atoms with E-state index in [1.807, 2.05) is 20.8 Å². The van der Waals surface area contributed by atoms with Gasteiger partial charge in [0.15, 0.2) is 0 Å². The number of amides is 4. The molecule has 9 heteroatoms. The number of unbranched alkanes of at least 4 members (excludes halogenated alkanes) is 1. The number of carbonyl (C=O) groups excluding carboxylic acids is 3. The van der Waals surface area contributed by atoms with Crippen molar-refractivity contribution >= 4 is 30.5 Å². The minimum Gasteiger partial charge on any atom is -0.357 e. The van der Waals surface area contributed by atoms with Crippen molar-refractivity contribution < 1.29 is 19.2 Å². The van der Waals surface area contributed by atoms with E-state index in [9.17, 15) is 14.4 Å². The maximum Gasteiger partial charge on any atom is 0.318 e. The Morgan fingerprint density at radius 1 is 1.07 bits per heavy atom. The fourth-order valence-corrected chi connectivity index (χ4v) is 2.67. The van der Waals surface area contributed by atoms with Crippen LogP contribution >= 0.6 is 12.6 Å². The molecule has 0 radical (unpaired) electrons. The molecule has 29 heavy (non-hydrogen) atoms. The Bertz CT molecular complexity index is 509. The Morgan fingerprint density at radius 2 is 1.72 bits per heavy atom. The first-order chi connectivity index (χ1) is 13.5. The lowest BCUT2D eigenvalue weighted by Gasteiger charge is -2.26. The number of hydrogen-bond acceptors (Lipinski definition) is 5. The van der Waals surface area contributed by atoms with Gasteiger partial charge in [-0.25, -0.2) is 10.3 Å². The van der Waals surface area contributed by atoms with Crippen LogP contribution in [0.4, 0.5) is 4.79 Å². The highest BCUT2D eigenvalue weighted by Gasteiger charge is 2.22. The number of hydroxylamine groups is 1. The van der Waals surface area contributed by atoms with Gasteiger partial charge in [0.1, 0.15) is 6.04 Å². The molecule has 0 aliphatic heterocycles. The Labute approximate surface area is 181 Å². The molecule has 8 nitrogen and oxygen atoms in total. The van der Waals surface area contributed by atoms with Crippen LogP contribution in [0.2, 0.25) is 0 Å². The van der Waals surface area contributed by atoms with Gasteiger partial charge >= 0.3 is 6.03 Å². The standard InChI is InChI=1S/C20H40N4O4S/c1-15(2)11-12-24(13-14-29)19(27)22-16(18(26)21-6)9-7-8-10-17(25)23-28-20(3,4)5/h15-16,29H,7-14H2,1-6H3,(H,21,26)(H,22,27)(H,23,25)/t16-/m0/s1. The van der Waals surface area contributed by atoms with E-state index in [-0.39, 0.29) is 17.8 Å². The largest absolute Gasteiger partial charge is 0.357 e. The molecule has 0 heterocycles. The van der Waals surface area contributed by atoms with Crippen molar-refractivity contribution in [3.63, 3.8) is 0 Å². The summed E-state index contributed by atoms with van der Waals surface area (Å²) in [5.41, 5.74) is 1.98. The minimum atomic E-state index is -0.636. The average molecular weight is 433 g/mol. The third kappa shape index (κ3) is 14.2. The lowest BCUT2D eigenvalue weighted by Crippen LogP contribution is -2.51. The molecule has 0 aliphatic carbocycles. The van der Waals surface area contributed by atoms with Crippen molar-refractivity contribution in [3.05, 3.63) is 0 Å². The topological polar surface area (TPSA) is 99.8 Å². The molecule has 0 spiro atoms. The summed E-state index contributed by atoms with van der Waals surface area (Å²) in [6.45, 7) is 10.9. The van der Waals surface area contributed by atoms with Crippen LogP contribution in [0.5, 0.6) is 0 Å². The van der Waals surface area contributed by atoms with Crippen LogP contribution in [0.3, 0.4) is 0 Å². The van der Waals surface area contributed by atoms with Crippen LogP contribution in [0.1, 0.15) is 66.7 Å². The maximum absolute atomic E-state index is 12.6. The van der Waals surface area contributed by atoms with E-state index in [1.54, 1.807) is 11.9 Å². The number of nitrogens with zero attached hydrogens (tertiary/aromatic N) is 1. The van der Waals surface area contributed by atoms with Crippen molar-refractivity contribution in [2.45, 2.75) is 78.4 Å². The summed E-state index contributed by atoms with van der Waals surface area (Å²) in [5, 5.41) is 5.42. The van der Waals surface area contributed by atoms with Gasteiger partial charge in [-0.15, -0.1) is 0 Å². The molecular weight excluding hydrogens is 392 g/mol. The monoisotopic (exact) mass is 432 g/mol. The fraction of sp³-hybridized carbons (Fsp3) is 0.850. The second kappa shape index (κ2) is 14.5. The van der Waals surface area contributed by atoms with Crippen LogP contribution in [0.25, 0.3) is 0 Å². The number of thiol groups is 1. The van der Waals surface area contributed by atoms with Crippen molar-refractivity contribution in [1.82, 2.24) is 21.0 Å². The number of nitrogens with one attached hydrogen (secondary N) is 3. The zero-order valence-corrected chi connectivity index (χ0v) is 19.7. The zero-order chi connectivity index (χ0) is 22.4. The van der Waals surface area contributed by atoms with Crippen molar-refractivity contribution in [3.8, 4) is 0 Å². The van der Waals surface area contributed by atoms with E-state index in [2.05, 4.69) is 42.6 Å². The van der Waals surface area contributed by atoms with Gasteiger partial charge in [0.05, 0.1) is 5.60 Å². The van der Waals surface area contributed by atoms with Gasteiger partial charge in [-0.3, -0.25) is 14.4 Å². The molecule has 0 rings (SSSR count). The first kappa shape index (κ1) is 27.5. The Kier molecular flexibility index (Phi) is 13.8. The van der Waals surface area contributed by atoms with Gasteiger partial charge in [0.25, 0.3) is 0 Å². The molecule has 4 amide bonds. The highest BCUT2D eigenvalue weighted by Crippen LogP contribution is 2.08. The van der Waals surface area contributed by atoms with Crippen LogP contribution in [0, 0.1) is 5.92 Å². The predicted octanol–water partition coefficient (Wildman–Crippen LogP) is 2.50. The molecule has 0 aromatic heterocycles. The van der Waals surface area contributed by atoms with Gasteiger partial charge in [-0.05, 0) is 46.0 Å². The van der Waals surface area contributed by atoms with Gasteiger partial charge in [-0.2, -0.15) is 12.6 Å². The third-order valence-electron chi connectivity index (χ3n) is 4.11. The minimum absolute atomic E-state index is 0.200. The molecule has 0 bridgehead atoms. The summed E-state index contributed by atoms with van der Waals surface area (Å²) in [5.74, 6) is 0.595. The number of likely N-dealkylation sites (N-methyl/N-ethyl adjacent to an activating group) is 1. The van der Waals surface area contributed by atoms with Crippen LogP contribution in [0.15, 0.2) is 0 Å². The lowest BCUT2D eigenvalue weighted by molar-refractivity contribution is -0.145. The Morgan fingerprint density at radius 3 is 2.24 bits per heavy atom. The van der Waals surface area contributed by atoms with Crippen molar-refractivity contribution in [1.29, 1.82) is 0 Å². The summed E-state index contributed by atoms with van der Waals surface area (Å²) < 4.78 is 0. The Hall–Kier alpha value is -1.48. The average Bonchev–Trinajstić information content (AvgIpc) is 2.64. The molecule has 170 valence electrons. The molecule has 0 aromatic carbocycles. The summed E-state index contributed by atoms with van der Waals surface area (Å²) in [6.07, 6.45) is 2.86. The van der Waals surface area contributed by atoms with Gasteiger partial charge in [0.2, 0.25) is 11.8 Å². The Balaban J connectivity index is 4.55. The maximum atomic E-state index is 12.6. The predicted molar refractivity (Wildman–Crippen MR) is 119 cm³/mol. The smallest absolute Gasteiger partial charge is 0.318 e. The summed E-state index contributed by atoms with van der Waals surface area (Å²) in [4.78, 5) is 43.5. The molecule has 0 aliphatic rings. The van der Waals surface area contributed by atoms with E-state index in [0.717, 1.165) is 6.42 Å². The van der Waals surface area contributed by atoms with Crippen molar-refractivity contribution in [2.75, 3.05) is 25.9 Å². The number of carbonyl (C=O) groups is 3. The highest BCUT2D eigenvalue weighted by atomic mass is 32.1. The lowest BCUT2D eigenvalue weighted by atomic mass is 10.1. The number of hydrogen-bond donors (Lipinski definition) is 4. The SMILES string of the molecule is CNC(=O)[C@H](CCCCC(=O)NOC(C)(C)C)NC(=O)N(CCS)CCC(C)C. The molecule has 0 fully saturated rings. The number of rotatable bonds is 13. The van der Waals surface area contributed by atoms with E-state index in [4.69, 9.17) is 4.84 Å². The summed E-state index contributed by atoms with van der Waals surface area (Å²) in [7, 11) is 1.54. The molecule has 0 saturated carbocycles. The molecule has 0 aromatic rings. The molecule has 0 saturated heterocycles. The number of urea groups is 1. The van der Waals surface area contributed by atoms with Crippen molar-refractivity contribution in [2.24, 2.45) is 5.92 Å². The summed E-state index contributed by atoms with van der Waals surface area (Å²) in [6, 6.07) is -0.896. The van der Waals surface area contributed by atoms with Gasteiger partial charge in [0, 0.05) is 32.3 Å². The fourth-order valence-electron chi connectivity index (χ4n) is 2.43. The van der Waals surface area contributed by atoms with E-state index < -0.39 is 11.6 Å². The van der Waals surface area contributed by atoms with Gasteiger partial charge in [-0.1, -0.05) is 20.3 Å². The van der Waals surface area contributed by atoms with Crippen LogP contribution < -0.4 is 16.1 Å². The zero-order valence-electron chi connectivity index (χ0n) is 18.8. The van der Waals surface area contributed by atoms with Crippen LogP contribution in [-0.2, 0) is 14.4 Å². The van der Waals surface area contributed by atoms with E-state index in [0.29, 0.717) is 50.4 Å². The first-order valence-corrected chi connectivity index (χ1v) is 11.0. The van der Waals surface area contributed by atoms with Crippen LogP contribution in [-0.4, -0.2) is 60.3 Å². The first-order valence-electron chi connectivity index (χ1n) is 10.3. The summed E-state index contributed by atoms with van der Waals surface area (Å²) >= 11 is 4.22. The molecule has 0 unspecified atom stereocenters. The van der Waals surface area contributed by atoms with E-state index in [1.165, 1.54) is 0 Å².